The predicted molar refractivity (Wildman–Crippen MR) is 63.3 cm³/mol. The minimum Gasteiger partial charge on any atom is -0.444 e. The molecule has 0 atom stereocenters. The number of rotatable bonds is 5. The van der Waals surface area contributed by atoms with E-state index in [0.717, 1.165) is 6.29 Å². The molecule has 0 fully saturated rings. The maximum absolute atomic E-state index is 11.4. The van der Waals surface area contributed by atoms with Crippen molar-refractivity contribution in [3.63, 3.8) is 0 Å². The van der Waals surface area contributed by atoms with Crippen LogP contribution in [0, 0.1) is 5.41 Å². The van der Waals surface area contributed by atoms with Gasteiger partial charge in [0.15, 0.2) is 0 Å². The van der Waals surface area contributed by atoms with E-state index in [2.05, 4.69) is 5.32 Å². The van der Waals surface area contributed by atoms with Gasteiger partial charge >= 0.3 is 6.09 Å². The number of alkyl carbamates (subject to hydrolysis) is 1. The summed E-state index contributed by atoms with van der Waals surface area (Å²) in [7, 11) is 0. The summed E-state index contributed by atoms with van der Waals surface area (Å²) in [5.74, 6) is 0. The SMILES string of the molecule is CCC(C=O)(CC)CNC(=O)OC(C)(C)C. The lowest BCUT2D eigenvalue weighted by atomic mass is 9.84. The van der Waals surface area contributed by atoms with E-state index in [-0.39, 0.29) is 0 Å². The molecule has 94 valence electrons. The minimum atomic E-state index is -0.508. The number of amides is 1. The molecular weight excluding hydrogens is 206 g/mol. The maximum atomic E-state index is 11.4. The zero-order valence-corrected chi connectivity index (χ0v) is 10.9. The molecule has 4 nitrogen and oxygen atoms in total. The second-order valence-electron chi connectivity index (χ2n) is 5.04. The van der Waals surface area contributed by atoms with Crippen LogP contribution in [0.2, 0.25) is 0 Å². The fourth-order valence-electron chi connectivity index (χ4n) is 1.27. The minimum absolute atomic E-state index is 0.332. The van der Waals surface area contributed by atoms with E-state index in [0.29, 0.717) is 19.4 Å². The Balaban J connectivity index is 4.22. The lowest BCUT2D eigenvalue weighted by Gasteiger charge is -2.26. The first kappa shape index (κ1) is 14.9. The van der Waals surface area contributed by atoms with Crippen LogP contribution in [0.1, 0.15) is 47.5 Å². The Morgan fingerprint density at radius 2 is 1.75 bits per heavy atom. The second kappa shape index (κ2) is 5.87. The van der Waals surface area contributed by atoms with Gasteiger partial charge in [-0.2, -0.15) is 0 Å². The van der Waals surface area contributed by atoms with Crippen LogP contribution in [0.5, 0.6) is 0 Å². The van der Waals surface area contributed by atoms with Crippen LogP contribution in [-0.4, -0.2) is 24.5 Å². The molecule has 0 heterocycles. The smallest absolute Gasteiger partial charge is 0.407 e. The molecule has 0 spiro atoms. The molecule has 1 amide bonds. The Morgan fingerprint density at radius 3 is 2.06 bits per heavy atom. The number of ether oxygens (including phenoxy) is 1. The van der Waals surface area contributed by atoms with Crippen molar-refractivity contribution in [2.75, 3.05) is 6.54 Å². The summed E-state index contributed by atoms with van der Waals surface area (Å²) in [4.78, 5) is 22.4. The summed E-state index contributed by atoms with van der Waals surface area (Å²) in [6.45, 7) is 9.62. The maximum Gasteiger partial charge on any atom is 0.407 e. The third-order valence-corrected chi connectivity index (χ3v) is 2.64. The molecule has 0 saturated heterocycles. The highest BCUT2D eigenvalue weighted by Crippen LogP contribution is 2.22. The number of nitrogens with one attached hydrogen (secondary N) is 1. The molecule has 0 aliphatic rings. The molecule has 0 saturated carbocycles. The summed E-state index contributed by atoms with van der Waals surface area (Å²) >= 11 is 0. The Morgan fingerprint density at radius 1 is 1.25 bits per heavy atom. The van der Waals surface area contributed by atoms with Crippen molar-refractivity contribution >= 4 is 12.4 Å². The van der Waals surface area contributed by atoms with E-state index in [1.165, 1.54) is 0 Å². The van der Waals surface area contributed by atoms with Crippen LogP contribution in [0.25, 0.3) is 0 Å². The quantitative estimate of drug-likeness (QED) is 0.737. The summed E-state index contributed by atoms with van der Waals surface area (Å²) in [5, 5.41) is 2.64. The van der Waals surface area contributed by atoms with Crippen molar-refractivity contribution in [1.82, 2.24) is 5.32 Å². The van der Waals surface area contributed by atoms with Gasteiger partial charge in [-0.3, -0.25) is 0 Å². The van der Waals surface area contributed by atoms with E-state index in [1.807, 2.05) is 13.8 Å². The van der Waals surface area contributed by atoms with Crippen LogP contribution in [0.3, 0.4) is 0 Å². The lowest BCUT2D eigenvalue weighted by Crippen LogP contribution is -2.40. The molecule has 16 heavy (non-hydrogen) atoms. The number of carbonyl (C=O) groups excluding carboxylic acids is 2. The average Bonchev–Trinajstić information content (AvgIpc) is 2.18. The number of carbonyl (C=O) groups is 2. The van der Waals surface area contributed by atoms with Crippen LogP contribution < -0.4 is 5.32 Å². The van der Waals surface area contributed by atoms with Gasteiger partial charge in [-0.05, 0) is 33.6 Å². The van der Waals surface area contributed by atoms with E-state index < -0.39 is 17.1 Å². The Hall–Kier alpha value is -1.06. The van der Waals surface area contributed by atoms with E-state index >= 15 is 0 Å². The monoisotopic (exact) mass is 229 g/mol. The number of aldehydes is 1. The van der Waals surface area contributed by atoms with Crippen LogP contribution >= 0.6 is 0 Å². The number of hydrogen-bond acceptors (Lipinski definition) is 3. The fourth-order valence-corrected chi connectivity index (χ4v) is 1.27. The van der Waals surface area contributed by atoms with Crippen molar-refractivity contribution in [2.45, 2.75) is 53.1 Å². The molecule has 0 bridgehead atoms. The Labute approximate surface area is 97.7 Å². The van der Waals surface area contributed by atoms with Gasteiger partial charge in [-0.15, -0.1) is 0 Å². The second-order valence-corrected chi connectivity index (χ2v) is 5.04. The van der Waals surface area contributed by atoms with Gasteiger partial charge in [0.05, 0.1) is 0 Å². The lowest BCUT2D eigenvalue weighted by molar-refractivity contribution is -0.116. The van der Waals surface area contributed by atoms with Crippen molar-refractivity contribution in [2.24, 2.45) is 5.41 Å². The molecule has 0 aromatic rings. The van der Waals surface area contributed by atoms with Gasteiger partial charge < -0.3 is 14.8 Å². The van der Waals surface area contributed by atoms with Crippen molar-refractivity contribution in [3.05, 3.63) is 0 Å². The molecule has 0 aliphatic heterocycles. The van der Waals surface area contributed by atoms with Gasteiger partial charge in [-0.1, -0.05) is 13.8 Å². The van der Waals surface area contributed by atoms with Crippen molar-refractivity contribution < 1.29 is 14.3 Å². The van der Waals surface area contributed by atoms with Crippen LogP contribution in [0.4, 0.5) is 4.79 Å². The van der Waals surface area contributed by atoms with Gasteiger partial charge in [0.25, 0.3) is 0 Å². The van der Waals surface area contributed by atoms with E-state index in [1.54, 1.807) is 20.8 Å². The van der Waals surface area contributed by atoms with E-state index in [4.69, 9.17) is 4.74 Å². The zero-order valence-electron chi connectivity index (χ0n) is 10.9. The highest BCUT2D eigenvalue weighted by Gasteiger charge is 2.27. The molecule has 0 rings (SSSR count). The number of hydrogen-bond donors (Lipinski definition) is 1. The summed E-state index contributed by atoms with van der Waals surface area (Å²) < 4.78 is 5.10. The third-order valence-electron chi connectivity index (χ3n) is 2.64. The topological polar surface area (TPSA) is 55.4 Å². The third kappa shape index (κ3) is 5.14. The molecule has 0 unspecified atom stereocenters. The normalized spacial score (nSPS) is 12.1. The molecule has 1 N–H and O–H groups in total. The zero-order chi connectivity index (χ0) is 12.8. The summed E-state index contributed by atoms with van der Waals surface area (Å²) in [5.41, 5.74) is -0.969. The predicted octanol–water partition coefficient (Wildman–Crippen LogP) is 2.52. The van der Waals surface area contributed by atoms with Gasteiger partial charge in [-0.25, -0.2) is 4.79 Å². The Bertz CT molecular complexity index is 239. The standard InChI is InChI=1S/C12H23NO3/c1-6-12(7-2,9-14)8-13-10(15)16-11(3,4)5/h9H,6-8H2,1-5H3,(H,13,15). The Kier molecular flexibility index (Phi) is 5.48. The van der Waals surface area contributed by atoms with Crippen LogP contribution in [-0.2, 0) is 9.53 Å². The summed E-state index contributed by atoms with van der Waals surface area (Å²) in [6.07, 6.45) is 1.87. The molecular formula is C12H23NO3. The average molecular weight is 229 g/mol. The first-order valence-electron chi connectivity index (χ1n) is 5.72. The highest BCUT2D eigenvalue weighted by atomic mass is 16.6. The highest BCUT2D eigenvalue weighted by molar-refractivity contribution is 5.69. The molecule has 0 aromatic heterocycles. The van der Waals surface area contributed by atoms with Gasteiger partial charge in [0.2, 0.25) is 0 Å². The van der Waals surface area contributed by atoms with Crippen molar-refractivity contribution in [3.8, 4) is 0 Å². The van der Waals surface area contributed by atoms with Crippen molar-refractivity contribution in [1.29, 1.82) is 0 Å². The molecule has 0 aliphatic carbocycles. The van der Waals surface area contributed by atoms with Crippen LogP contribution in [0.15, 0.2) is 0 Å². The molecule has 0 aromatic carbocycles. The van der Waals surface area contributed by atoms with Gasteiger partial charge in [0, 0.05) is 12.0 Å². The first-order chi connectivity index (χ1) is 7.28. The van der Waals surface area contributed by atoms with Gasteiger partial charge in [0.1, 0.15) is 11.9 Å². The largest absolute Gasteiger partial charge is 0.444 e. The first-order valence-corrected chi connectivity index (χ1v) is 5.72. The molecule has 4 heteroatoms. The molecule has 0 radical (unpaired) electrons. The fraction of sp³-hybridized carbons (Fsp3) is 0.833. The van der Waals surface area contributed by atoms with E-state index in [9.17, 15) is 9.59 Å². The summed E-state index contributed by atoms with van der Waals surface area (Å²) in [6, 6.07) is 0.